The van der Waals surface area contributed by atoms with E-state index >= 15 is 0 Å². The summed E-state index contributed by atoms with van der Waals surface area (Å²) in [6.45, 7) is 3.02. The molecule has 3 N–H and O–H groups in total. The second-order valence-corrected chi connectivity index (χ2v) is 7.87. The van der Waals surface area contributed by atoms with E-state index in [0.29, 0.717) is 6.42 Å². The van der Waals surface area contributed by atoms with Crippen molar-refractivity contribution in [3.8, 4) is 0 Å². The third kappa shape index (κ3) is 4.71. The van der Waals surface area contributed by atoms with Crippen LogP contribution in [0.15, 0.2) is 54.7 Å². The van der Waals surface area contributed by atoms with Crippen molar-refractivity contribution in [2.45, 2.75) is 44.9 Å². The average molecular weight is 405 g/mol. The van der Waals surface area contributed by atoms with Crippen LogP contribution in [0.4, 0.5) is 0 Å². The average Bonchev–Trinajstić information content (AvgIpc) is 3.43. The second-order valence-electron chi connectivity index (χ2n) is 7.87. The summed E-state index contributed by atoms with van der Waals surface area (Å²) in [5.41, 5.74) is 4.05. The largest absolute Gasteiger partial charge is 0.459 e. The number of carbonyl (C=O) groups excluding carboxylic acids is 2. The number of hydrogen-bond acceptors (Lipinski definition) is 4. The van der Waals surface area contributed by atoms with Gasteiger partial charge in [-0.15, -0.1) is 0 Å². The molecule has 0 aliphatic carbocycles. The smallest absolute Gasteiger partial charge is 0.329 e. The van der Waals surface area contributed by atoms with E-state index in [9.17, 15) is 9.59 Å². The first-order chi connectivity index (χ1) is 14.6. The van der Waals surface area contributed by atoms with Gasteiger partial charge in [0, 0.05) is 23.5 Å². The Morgan fingerprint density at radius 3 is 2.73 bits per heavy atom. The molecular weight excluding hydrogens is 378 g/mol. The number of carbonyl (C=O) groups is 2. The highest BCUT2D eigenvalue weighted by Gasteiger charge is 2.29. The van der Waals surface area contributed by atoms with Gasteiger partial charge in [-0.25, -0.2) is 4.79 Å². The van der Waals surface area contributed by atoms with Crippen LogP contribution >= 0.6 is 0 Å². The molecule has 1 amide bonds. The number of benzene rings is 2. The molecule has 0 spiro atoms. The lowest BCUT2D eigenvalue weighted by molar-refractivity contribution is -0.149. The highest BCUT2D eigenvalue weighted by molar-refractivity contribution is 5.89. The van der Waals surface area contributed by atoms with Crippen molar-refractivity contribution < 1.29 is 14.3 Å². The van der Waals surface area contributed by atoms with Crippen LogP contribution in [0.2, 0.25) is 0 Å². The fourth-order valence-electron chi connectivity index (χ4n) is 3.83. The van der Waals surface area contributed by atoms with Crippen molar-refractivity contribution in [3.05, 3.63) is 71.4 Å². The molecule has 3 aromatic rings. The molecular formula is C24H27N3O3. The third-order valence-corrected chi connectivity index (χ3v) is 5.58. The Bertz CT molecular complexity index is 1020. The summed E-state index contributed by atoms with van der Waals surface area (Å²) < 4.78 is 5.57. The van der Waals surface area contributed by atoms with Gasteiger partial charge in [0.15, 0.2) is 0 Å². The number of fused-ring (bicyclic) bond motifs is 1. The lowest BCUT2D eigenvalue weighted by atomic mass is 10.0. The minimum Gasteiger partial charge on any atom is -0.459 e. The normalized spacial score (nSPS) is 17.0. The van der Waals surface area contributed by atoms with Crippen molar-refractivity contribution in [2.75, 3.05) is 6.54 Å². The Morgan fingerprint density at radius 1 is 1.17 bits per heavy atom. The molecule has 156 valence electrons. The highest BCUT2D eigenvalue weighted by Crippen LogP contribution is 2.20. The van der Waals surface area contributed by atoms with E-state index in [-0.39, 0.29) is 18.6 Å². The number of esters is 1. The van der Waals surface area contributed by atoms with Crippen LogP contribution in [0.1, 0.15) is 29.5 Å². The highest BCUT2D eigenvalue weighted by atomic mass is 16.5. The fourth-order valence-corrected chi connectivity index (χ4v) is 3.83. The topological polar surface area (TPSA) is 83.2 Å². The van der Waals surface area contributed by atoms with Gasteiger partial charge >= 0.3 is 5.97 Å². The summed E-state index contributed by atoms with van der Waals surface area (Å²) in [6, 6.07) is 14.8. The molecule has 0 unspecified atom stereocenters. The number of H-pyrrole nitrogens is 1. The van der Waals surface area contributed by atoms with Gasteiger partial charge in [0.1, 0.15) is 12.6 Å². The predicted octanol–water partition coefficient (Wildman–Crippen LogP) is 3.00. The monoisotopic (exact) mass is 405 g/mol. The number of amides is 1. The summed E-state index contributed by atoms with van der Waals surface area (Å²) in [4.78, 5) is 28.8. The number of aromatic amines is 1. The van der Waals surface area contributed by atoms with E-state index < -0.39 is 12.0 Å². The van der Waals surface area contributed by atoms with Crippen LogP contribution in [-0.4, -0.2) is 35.5 Å². The van der Waals surface area contributed by atoms with Crippen molar-refractivity contribution in [1.29, 1.82) is 0 Å². The number of aryl methyl sites for hydroxylation is 1. The Balaban J connectivity index is 1.48. The van der Waals surface area contributed by atoms with Gasteiger partial charge < -0.3 is 20.4 Å². The number of rotatable bonds is 7. The molecule has 2 heterocycles. The molecule has 0 radical (unpaired) electrons. The van der Waals surface area contributed by atoms with Crippen molar-refractivity contribution in [2.24, 2.45) is 0 Å². The zero-order valence-electron chi connectivity index (χ0n) is 17.1. The minimum atomic E-state index is -0.746. The molecule has 4 rings (SSSR count). The van der Waals surface area contributed by atoms with Gasteiger partial charge in [0.2, 0.25) is 5.91 Å². The maximum atomic E-state index is 12.9. The molecule has 6 heteroatoms. The van der Waals surface area contributed by atoms with Gasteiger partial charge in [0.05, 0.1) is 6.04 Å². The SMILES string of the molecule is Cc1ccc(COC(=O)[C@H](Cc2c[nH]c3ccccc23)NC(=O)[C@@H]2CCCN2)cc1. The predicted molar refractivity (Wildman–Crippen MR) is 116 cm³/mol. The maximum absolute atomic E-state index is 12.9. The van der Waals surface area contributed by atoms with Crippen molar-refractivity contribution in [1.82, 2.24) is 15.6 Å². The summed E-state index contributed by atoms with van der Waals surface area (Å²) in [5.74, 6) is -0.572. The van der Waals surface area contributed by atoms with Crippen LogP contribution in [0, 0.1) is 6.92 Å². The Labute approximate surface area is 176 Å². The molecule has 1 saturated heterocycles. The molecule has 30 heavy (non-hydrogen) atoms. The molecule has 1 aliphatic heterocycles. The summed E-state index contributed by atoms with van der Waals surface area (Å²) in [7, 11) is 0. The van der Waals surface area contributed by atoms with Gasteiger partial charge in [-0.05, 0) is 43.5 Å². The standard InChI is InChI=1S/C24H27N3O3/c1-16-8-10-17(11-9-16)15-30-24(29)22(27-23(28)21-7-4-12-25-21)13-18-14-26-20-6-3-2-5-19(18)20/h2-3,5-6,8-11,14,21-22,25-26H,4,7,12-13,15H2,1H3,(H,27,28)/t21-,22-/m0/s1. The van der Waals surface area contributed by atoms with E-state index in [1.54, 1.807) is 0 Å². The Morgan fingerprint density at radius 2 is 1.97 bits per heavy atom. The number of nitrogens with one attached hydrogen (secondary N) is 3. The van der Waals surface area contributed by atoms with Crippen LogP contribution in [0.3, 0.4) is 0 Å². The van der Waals surface area contributed by atoms with Crippen molar-refractivity contribution in [3.63, 3.8) is 0 Å². The van der Waals surface area contributed by atoms with Crippen molar-refractivity contribution >= 4 is 22.8 Å². The van der Waals surface area contributed by atoms with Gasteiger partial charge in [-0.2, -0.15) is 0 Å². The zero-order chi connectivity index (χ0) is 20.9. The van der Waals surface area contributed by atoms with Crippen LogP contribution in [0.5, 0.6) is 0 Å². The van der Waals surface area contributed by atoms with Gasteiger partial charge in [0.25, 0.3) is 0 Å². The Hall–Kier alpha value is -3.12. The van der Waals surface area contributed by atoms with Crippen LogP contribution < -0.4 is 10.6 Å². The molecule has 1 aromatic heterocycles. The lowest BCUT2D eigenvalue weighted by Crippen LogP contribution is -2.49. The first-order valence-electron chi connectivity index (χ1n) is 10.4. The molecule has 2 atom stereocenters. The maximum Gasteiger partial charge on any atom is 0.329 e. The van der Waals surface area contributed by atoms with Gasteiger partial charge in [-0.1, -0.05) is 48.0 Å². The first kappa shape index (κ1) is 20.2. The number of para-hydroxylation sites is 1. The minimum absolute atomic E-state index is 0.148. The molecule has 1 fully saturated rings. The molecule has 6 nitrogen and oxygen atoms in total. The van der Waals surface area contributed by atoms with E-state index in [4.69, 9.17) is 4.74 Å². The van der Waals surface area contributed by atoms with Crippen LogP contribution in [-0.2, 0) is 27.4 Å². The summed E-state index contributed by atoms with van der Waals surface area (Å²) in [6.07, 6.45) is 4.01. The third-order valence-electron chi connectivity index (χ3n) is 5.58. The number of aromatic nitrogens is 1. The summed E-state index contributed by atoms with van der Waals surface area (Å²) >= 11 is 0. The number of ether oxygens (including phenoxy) is 1. The van der Waals surface area contributed by atoms with E-state index in [0.717, 1.165) is 47.0 Å². The quantitative estimate of drug-likeness (QED) is 0.528. The first-order valence-corrected chi connectivity index (χ1v) is 10.4. The fraction of sp³-hybridized carbons (Fsp3) is 0.333. The molecule has 2 aromatic carbocycles. The van der Waals surface area contributed by atoms with E-state index in [1.165, 1.54) is 0 Å². The van der Waals surface area contributed by atoms with Crippen LogP contribution in [0.25, 0.3) is 10.9 Å². The Kier molecular flexibility index (Phi) is 6.14. The van der Waals surface area contributed by atoms with Gasteiger partial charge in [-0.3, -0.25) is 4.79 Å². The molecule has 1 aliphatic rings. The van der Waals surface area contributed by atoms with E-state index in [1.807, 2.05) is 61.7 Å². The van der Waals surface area contributed by atoms with E-state index in [2.05, 4.69) is 15.6 Å². The summed E-state index contributed by atoms with van der Waals surface area (Å²) in [5, 5.41) is 7.14. The lowest BCUT2D eigenvalue weighted by Gasteiger charge is -2.20. The molecule has 0 bridgehead atoms. The second kappa shape index (κ2) is 9.13. The zero-order valence-corrected chi connectivity index (χ0v) is 17.1. The number of hydrogen-bond donors (Lipinski definition) is 3. The molecule has 0 saturated carbocycles.